The van der Waals surface area contributed by atoms with Crippen molar-refractivity contribution in [2.24, 2.45) is 0 Å². The lowest BCUT2D eigenvalue weighted by molar-refractivity contribution is -0.115. The standard InChI is InChI=1S/C15H15N3O/c16-12-6-2-1-5-11(12)9-18-10-15(19)17-13-7-3-4-8-14(13)18/h1-8H,9-10,16H2,(H,17,19). The number of para-hydroxylation sites is 3. The second-order valence-corrected chi connectivity index (χ2v) is 4.62. The number of nitrogens with zero attached hydrogens (tertiary/aromatic N) is 1. The number of hydrogen-bond donors (Lipinski definition) is 2. The summed E-state index contributed by atoms with van der Waals surface area (Å²) in [5, 5.41) is 2.88. The number of rotatable bonds is 2. The predicted molar refractivity (Wildman–Crippen MR) is 77.0 cm³/mol. The van der Waals surface area contributed by atoms with Gasteiger partial charge in [0.15, 0.2) is 0 Å². The van der Waals surface area contributed by atoms with E-state index in [0.717, 1.165) is 22.6 Å². The van der Waals surface area contributed by atoms with Crippen LogP contribution in [0, 0.1) is 0 Å². The van der Waals surface area contributed by atoms with Crippen LogP contribution in [0.15, 0.2) is 48.5 Å². The Balaban J connectivity index is 1.94. The molecule has 1 amide bonds. The van der Waals surface area contributed by atoms with Gasteiger partial charge in [-0.05, 0) is 23.8 Å². The first-order valence-corrected chi connectivity index (χ1v) is 6.21. The maximum Gasteiger partial charge on any atom is 0.243 e. The van der Waals surface area contributed by atoms with E-state index in [9.17, 15) is 4.79 Å². The van der Waals surface area contributed by atoms with Crippen molar-refractivity contribution in [1.82, 2.24) is 0 Å². The van der Waals surface area contributed by atoms with E-state index >= 15 is 0 Å². The maximum atomic E-state index is 11.7. The van der Waals surface area contributed by atoms with E-state index in [1.54, 1.807) is 0 Å². The molecule has 0 saturated carbocycles. The minimum Gasteiger partial charge on any atom is -0.398 e. The summed E-state index contributed by atoms with van der Waals surface area (Å²) in [5.74, 6) is 0.00759. The molecule has 4 heteroatoms. The van der Waals surface area contributed by atoms with Gasteiger partial charge in [0.05, 0.1) is 17.9 Å². The fraction of sp³-hybridized carbons (Fsp3) is 0.133. The highest BCUT2D eigenvalue weighted by atomic mass is 16.2. The van der Waals surface area contributed by atoms with Crippen LogP contribution in [0.3, 0.4) is 0 Å². The summed E-state index contributed by atoms with van der Waals surface area (Å²) in [6, 6.07) is 15.5. The van der Waals surface area contributed by atoms with Gasteiger partial charge in [-0.25, -0.2) is 0 Å². The molecule has 0 fully saturated rings. The Morgan fingerprint density at radius 3 is 2.68 bits per heavy atom. The van der Waals surface area contributed by atoms with Crippen molar-refractivity contribution in [2.75, 3.05) is 22.5 Å². The Bertz CT molecular complexity index is 624. The molecule has 3 rings (SSSR count). The molecule has 0 radical (unpaired) electrons. The molecule has 1 aliphatic heterocycles. The van der Waals surface area contributed by atoms with Crippen molar-refractivity contribution in [1.29, 1.82) is 0 Å². The van der Waals surface area contributed by atoms with Gasteiger partial charge in [0, 0.05) is 12.2 Å². The molecule has 1 heterocycles. The number of nitrogens with two attached hydrogens (primary N) is 1. The summed E-state index contributed by atoms with van der Waals surface area (Å²) in [7, 11) is 0. The van der Waals surface area contributed by atoms with E-state index in [4.69, 9.17) is 5.73 Å². The van der Waals surface area contributed by atoms with Crippen molar-refractivity contribution < 1.29 is 4.79 Å². The average molecular weight is 253 g/mol. The second-order valence-electron chi connectivity index (χ2n) is 4.62. The molecule has 19 heavy (non-hydrogen) atoms. The van der Waals surface area contributed by atoms with E-state index in [1.165, 1.54) is 0 Å². The highest BCUT2D eigenvalue weighted by Crippen LogP contribution is 2.30. The zero-order valence-corrected chi connectivity index (χ0v) is 10.5. The van der Waals surface area contributed by atoms with Crippen LogP contribution in [0.2, 0.25) is 0 Å². The van der Waals surface area contributed by atoms with Crippen LogP contribution in [0.25, 0.3) is 0 Å². The normalized spacial score (nSPS) is 13.9. The highest BCUT2D eigenvalue weighted by molar-refractivity contribution is 6.01. The van der Waals surface area contributed by atoms with Crippen LogP contribution in [-0.2, 0) is 11.3 Å². The quantitative estimate of drug-likeness (QED) is 0.807. The van der Waals surface area contributed by atoms with Gasteiger partial charge in [-0.2, -0.15) is 0 Å². The highest BCUT2D eigenvalue weighted by Gasteiger charge is 2.21. The zero-order valence-electron chi connectivity index (χ0n) is 10.5. The first-order valence-electron chi connectivity index (χ1n) is 6.21. The van der Waals surface area contributed by atoms with Gasteiger partial charge in [0.1, 0.15) is 0 Å². The van der Waals surface area contributed by atoms with Gasteiger partial charge >= 0.3 is 0 Å². The van der Waals surface area contributed by atoms with Gasteiger partial charge < -0.3 is 16.0 Å². The third kappa shape index (κ3) is 2.25. The molecular formula is C15H15N3O. The third-order valence-electron chi connectivity index (χ3n) is 3.27. The summed E-state index contributed by atoms with van der Waals surface area (Å²) in [6.07, 6.45) is 0. The predicted octanol–water partition coefficient (Wildman–Crippen LogP) is 2.23. The van der Waals surface area contributed by atoms with Crippen LogP contribution >= 0.6 is 0 Å². The van der Waals surface area contributed by atoms with Crippen LogP contribution < -0.4 is 16.0 Å². The molecule has 0 spiro atoms. The lowest BCUT2D eigenvalue weighted by Crippen LogP contribution is -2.37. The Morgan fingerprint density at radius 1 is 1.11 bits per heavy atom. The fourth-order valence-corrected chi connectivity index (χ4v) is 2.33. The molecule has 4 nitrogen and oxygen atoms in total. The van der Waals surface area contributed by atoms with Crippen LogP contribution in [0.5, 0.6) is 0 Å². The SMILES string of the molecule is Nc1ccccc1CN1CC(=O)Nc2ccccc21. The summed E-state index contributed by atoms with van der Waals surface area (Å²) >= 11 is 0. The number of carbonyl (C=O) groups excluding carboxylic acids is 1. The molecule has 0 saturated heterocycles. The Morgan fingerprint density at radius 2 is 1.84 bits per heavy atom. The molecule has 1 aliphatic rings. The Labute approximate surface area is 111 Å². The van der Waals surface area contributed by atoms with E-state index < -0.39 is 0 Å². The van der Waals surface area contributed by atoms with Gasteiger partial charge in [-0.15, -0.1) is 0 Å². The molecule has 2 aromatic carbocycles. The van der Waals surface area contributed by atoms with Crippen molar-refractivity contribution in [3.63, 3.8) is 0 Å². The number of anilines is 3. The second kappa shape index (κ2) is 4.65. The summed E-state index contributed by atoms with van der Waals surface area (Å²) < 4.78 is 0. The Kier molecular flexibility index (Phi) is 2.83. The number of hydrogen-bond acceptors (Lipinski definition) is 3. The molecule has 0 atom stereocenters. The largest absolute Gasteiger partial charge is 0.398 e. The number of nitrogens with one attached hydrogen (secondary N) is 1. The molecule has 0 bridgehead atoms. The number of benzene rings is 2. The summed E-state index contributed by atoms with van der Waals surface area (Å²) in [6.45, 7) is 0.989. The summed E-state index contributed by atoms with van der Waals surface area (Å²) in [5.41, 5.74) is 9.64. The summed E-state index contributed by atoms with van der Waals surface area (Å²) in [4.78, 5) is 13.8. The van der Waals surface area contributed by atoms with Crippen LogP contribution in [-0.4, -0.2) is 12.5 Å². The topological polar surface area (TPSA) is 58.4 Å². The molecule has 0 unspecified atom stereocenters. The van der Waals surface area contributed by atoms with Gasteiger partial charge in [0.2, 0.25) is 5.91 Å². The molecule has 0 aromatic heterocycles. The van der Waals surface area contributed by atoms with Gasteiger partial charge in [-0.1, -0.05) is 30.3 Å². The molecule has 2 aromatic rings. The van der Waals surface area contributed by atoms with Crippen LogP contribution in [0.1, 0.15) is 5.56 Å². The van der Waals surface area contributed by atoms with Gasteiger partial charge in [0.25, 0.3) is 0 Å². The molecule has 0 aliphatic carbocycles. The molecule has 96 valence electrons. The van der Waals surface area contributed by atoms with E-state index in [2.05, 4.69) is 5.32 Å². The Hall–Kier alpha value is -2.49. The van der Waals surface area contributed by atoms with Crippen molar-refractivity contribution in [3.8, 4) is 0 Å². The van der Waals surface area contributed by atoms with Crippen molar-refractivity contribution in [2.45, 2.75) is 6.54 Å². The number of amides is 1. The molecular weight excluding hydrogens is 238 g/mol. The number of carbonyl (C=O) groups is 1. The number of nitrogen functional groups attached to an aromatic ring is 1. The van der Waals surface area contributed by atoms with Crippen LogP contribution in [0.4, 0.5) is 17.1 Å². The minimum atomic E-state index is 0.00759. The minimum absolute atomic E-state index is 0.00759. The lowest BCUT2D eigenvalue weighted by Gasteiger charge is -2.31. The third-order valence-corrected chi connectivity index (χ3v) is 3.27. The monoisotopic (exact) mass is 253 g/mol. The van der Waals surface area contributed by atoms with E-state index in [-0.39, 0.29) is 5.91 Å². The molecule has 3 N–H and O–H groups in total. The maximum absolute atomic E-state index is 11.7. The van der Waals surface area contributed by atoms with Crippen molar-refractivity contribution in [3.05, 3.63) is 54.1 Å². The van der Waals surface area contributed by atoms with E-state index in [1.807, 2.05) is 53.4 Å². The first kappa shape index (κ1) is 11.6. The average Bonchev–Trinajstić information content (AvgIpc) is 2.41. The zero-order chi connectivity index (χ0) is 13.2. The number of fused-ring (bicyclic) bond motifs is 1. The van der Waals surface area contributed by atoms with Crippen molar-refractivity contribution >= 4 is 23.0 Å². The van der Waals surface area contributed by atoms with Gasteiger partial charge in [-0.3, -0.25) is 4.79 Å². The first-order chi connectivity index (χ1) is 9.24. The lowest BCUT2D eigenvalue weighted by atomic mass is 10.1. The smallest absolute Gasteiger partial charge is 0.243 e. The fourth-order valence-electron chi connectivity index (χ4n) is 2.33. The van der Waals surface area contributed by atoms with E-state index in [0.29, 0.717) is 13.1 Å².